The molecule has 0 aliphatic carbocycles. The molecule has 1 amide bonds. The fraction of sp³-hybridized carbons (Fsp3) is 0.0588. The van der Waals surface area contributed by atoms with E-state index in [2.05, 4.69) is 10.3 Å². The van der Waals surface area contributed by atoms with Crippen molar-refractivity contribution in [3.63, 3.8) is 0 Å². The van der Waals surface area contributed by atoms with Crippen LogP contribution in [-0.2, 0) is 9.84 Å². The smallest absolute Gasteiger partial charge is 0.292 e. The van der Waals surface area contributed by atoms with Crippen molar-refractivity contribution in [2.45, 2.75) is 16.9 Å². The minimum atomic E-state index is -3.87. The van der Waals surface area contributed by atoms with Gasteiger partial charge in [0.1, 0.15) is 5.82 Å². The van der Waals surface area contributed by atoms with Crippen LogP contribution in [0.25, 0.3) is 0 Å². The van der Waals surface area contributed by atoms with Gasteiger partial charge in [0.2, 0.25) is 14.9 Å². The predicted octanol–water partition coefficient (Wildman–Crippen LogP) is 3.72. The Hall–Kier alpha value is -2.64. The number of hydrogen-bond donors (Lipinski definition) is 1. The number of nitrogens with zero attached hydrogens (tertiary/aromatic N) is 1. The molecule has 3 aromatic rings. The molecule has 0 bridgehead atoms. The molecule has 6 nitrogen and oxygen atoms in total. The summed E-state index contributed by atoms with van der Waals surface area (Å²) in [5.74, 6) is -0.331. The lowest BCUT2D eigenvalue weighted by Gasteiger charge is -2.05. The molecule has 0 spiro atoms. The topological polar surface area (TPSA) is 89.3 Å². The summed E-state index contributed by atoms with van der Waals surface area (Å²) in [6.07, 6.45) is 1.54. The highest BCUT2D eigenvalue weighted by Gasteiger charge is 2.23. The second kappa shape index (κ2) is 6.70. The van der Waals surface area contributed by atoms with Gasteiger partial charge in [0.15, 0.2) is 5.76 Å². The van der Waals surface area contributed by atoms with Crippen molar-refractivity contribution in [3.8, 4) is 0 Å². The molecule has 0 aliphatic rings. The van der Waals surface area contributed by atoms with Crippen molar-refractivity contribution in [1.82, 2.24) is 4.98 Å². The maximum atomic E-state index is 12.5. The number of carbonyl (C=O) groups is 1. The molecule has 25 heavy (non-hydrogen) atoms. The third-order valence-electron chi connectivity index (χ3n) is 3.44. The second-order valence-corrected chi connectivity index (χ2v) is 7.52. The molecule has 1 aromatic carbocycles. The lowest BCUT2D eigenvalue weighted by molar-refractivity contribution is 0.0991. The zero-order valence-corrected chi connectivity index (χ0v) is 14.6. The minimum Gasteiger partial charge on any atom is -0.439 e. The van der Waals surface area contributed by atoms with E-state index in [1.807, 2.05) is 0 Å². The van der Waals surface area contributed by atoms with Crippen LogP contribution in [-0.4, -0.2) is 19.3 Å². The van der Waals surface area contributed by atoms with Gasteiger partial charge in [0.25, 0.3) is 5.91 Å². The number of benzene rings is 1. The number of aryl methyl sites for hydroxylation is 1. The molecule has 3 rings (SSSR count). The first-order valence-corrected chi connectivity index (χ1v) is 9.07. The van der Waals surface area contributed by atoms with Gasteiger partial charge in [-0.1, -0.05) is 17.7 Å². The molecular formula is C17H13ClN2O4S. The molecule has 0 fully saturated rings. The first kappa shape index (κ1) is 17.2. The van der Waals surface area contributed by atoms with Crippen molar-refractivity contribution in [2.75, 3.05) is 5.32 Å². The van der Waals surface area contributed by atoms with Gasteiger partial charge in [0.05, 0.1) is 4.90 Å². The summed E-state index contributed by atoms with van der Waals surface area (Å²) in [6, 6.07) is 11.8. The zero-order valence-electron chi connectivity index (χ0n) is 13.1. The summed E-state index contributed by atoms with van der Waals surface area (Å²) in [4.78, 5) is 16.3. The lowest BCUT2D eigenvalue weighted by atomic mass is 10.3. The molecule has 0 atom stereocenters. The van der Waals surface area contributed by atoms with Crippen LogP contribution in [0.3, 0.4) is 0 Å². The van der Waals surface area contributed by atoms with Crippen LogP contribution in [0.4, 0.5) is 5.82 Å². The summed E-state index contributed by atoms with van der Waals surface area (Å²) < 4.78 is 30.3. The first-order chi connectivity index (χ1) is 11.9. The third-order valence-corrected chi connectivity index (χ3v) is 5.33. The number of pyridine rings is 1. The van der Waals surface area contributed by atoms with Crippen molar-refractivity contribution < 1.29 is 17.6 Å². The Morgan fingerprint density at radius 3 is 2.52 bits per heavy atom. The van der Waals surface area contributed by atoms with Gasteiger partial charge < -0.3 is 9.73 Å². The predicted molar refractivity (Wildman–Crippen MR) is 92.5 cm³/mol. The van der Waals surface area contributed by atoms with Gasteiger partial charge in [-0.2, -0.15) is 0 Å². The Bertz CT molecular complexity index is 1030. The van der Waals surface area contributed by atoms with Crippen LogP contribution in [0.15, 0.2) is 69.1 Å². The highest BCUT2D eigenvalue weighted by molar-refractivity contribution is 7.91. The van der Waals surface area contributed by atoms with Crippen molar-refractivity contribution >= 4 is 33.2 Å². The number of amides is 1. The van der Waals surface area contributed by atoms with Crippen molar-refractivity contribution in [2.24, 2.45) is 0 Å². The van der Waals surface area contributed by atoms with Gasteiger partial charge in [-0.25, -0.2) is 13.4 Å². The number of furan rings is 1. The number of aromatic nitrogens is 1. The highest BCUT2D eigenvalue weighted by atomic mass is 35.5. The van der Waals surface area contributed by atoms with Gasteiger partial charge in [-0.05, 0) is 55.0 Å². The van der Waals surface area contributed by atoms with Crippen LogP contribution in [0.5, 0.6) is 0 Å². The molecule has 0 unspecified atom stereocenters. The zero-order chi connectivity index (χ0) is 18.0. The molecule has 1 N–H and O–H groups in total. The van der Waals surface area contributed by atoms with E-state index in [1.54, 1.807) is 25.3 Å². The molecule has 0 saturated carbocycles. The Morgan fingerprint density at radius 2 is 1.84 bits per heavy atom. The Kier molecular flexibility index (Phi) is 4.61. The summed E-state index contributed by atoms with van der Waals surface area (Å²) in [6.45, 7) is 1.79. The Labute approximate surface area is 149 Å². The normalized spacial score (nSPS) is 11.3. The van der Waals surface area contributed by atoms with E-state index in [0.717, 1.165) is 5.56 Å². The molecule has 128 valence electrons. The number of halogens is 1. The van der Waals surface area contributed by atoms with E-state index in [1.165, 1.54) is 36.4 Å². The molecule has 2 heterocycles. The quantitative estimate of drug-likeness (QED) is 0.749. The average Bonchev–Trinajstić information content (AvgIpc) is 3.08. The number of nitrogens with one attached hydrogen (secondary N) is 1. The second-order valence-electron chi connectivity index (χ2n) is 5.20. The van der Waals surface area contributed by atoms with Crippen molar-refractivity contribution in [3.05, 3.63) is 71.1 Å². The molecule has 0 saturated heterocycles. The number of carbonyl (C=O) groups excluding carboxylic acids is 1. The van der Waals surface area contributed by atoms with Crippen LogP contribution in [0, 0.1) is 6.92 Å². The Balaban J connectivity index is 1.85. The van der Waals surface area contributed by atoms with Gasteiger partial charge in [0, 0.05) is 11.2 Å². The van der Waals surface area contributed by atoms with Gasteiger partial charge >= 0.3 is 0 Å². The fourth-order valence-corrected chi connectivity index (χ4v) is 3.40. The maximum Gasteiger partial charge on any atom is 0.292 e. The van der Waals surface area contributed by atoms with Crippen LogP contribution >= 0.6 is 11.6 Å². The SMILES string of the molecule is Cc1cccnc1NC(=O)c1ccc(S(=O)(=O)c2ccc(Cl)cc2)o1. The summed E-state index contributed by atoms with van der Waals surface area (Å²) >= 11 is 5.77. The summed E-state index contributed by atoms with van der Waals surface area (Å²) in [7, 11) is -3.87. The largest absolute Gasteiger partial charge is 0.439 e. The standard InChI is InChI=1S/C17H13ClN2O4S/c1-11-3-2-10-19-16(11)20-17(21)14-8-9-15(24-14)25(22,23)13-6-4-12(18)5-7-13/h2-10H,1H3,(H,19,20,21). The fourth-order valence-electron chi connectivity index (χ4n) is 2.10. The summed E-state index contributed by atoms with van der Waals surface area (Å²) in [5.41, 5.74) is 0.774. The average molecular weight is 377 g/mol. The molecule has 0 radical (unpaired) electrons. The van der Waals surface area contributed by atoms with E-state index in [9.17, 15) is 13.2 Å². The van der Waals surface area contributed by atoms with E-state index < -0.39 is 15.7 Å². The molecule has 2 aromatic heterocycles. The lowest BCUT2D eigenvalue weighted by Crippen LogP contribution is -2.13. The van der Waals surface area contributed by atoms with E-state index >= 15 is 0 Å². The van der Waals surface area contributed by atoms with Gasteiger partial charge in [-0.15, -0.1) is 0 Å². The third kappa shape index (κ3) is 3.57. The first-order valence-electron chi connectivity index (χ1n) is 7.21. The number of rotatable bonds is 4. The monoisotopic (exact) mass is 376 g/mol. The van der Waals surface area contributed by atoms with Crippen molar-refractivity contribution in [1.29, 1.82) is 0 Å². The van der Waals surface area contributed by atoms with E-state index in [-0.39, 0.29) is 15.7 Å². The summed E-state index contributed by atoms with van der Waals surface area (Å²) in [5, 5.41) is 2.68. The van der Waals surface area contributed by atoms with Crippen LogP contribution < -0.4 is 5.32 Å². The van der Waals surface area contributed by atoms with Crippen LogP contribution in [0.2, 0.25) is 5.02 Å². The van der Waals surface area contributed by atoms with E-state index in [4.69, 9.17) is 16.0 Å². The number of sulfone groups is 1. The maximum absolute atomic E-state index is 12.5. The highest BCUT2D eigenvalue weighted by Crippen LogP contribution is 2.24. The molecule has 8 heteroatoms. The number of hydrogen-bond acceptors (Lipinski definition) is 5. The minimum absolute atomic E-state index is 0.0266. The van der Waals surface area contributed by atoms with Crippen LogP contribution in [0.1, 0.15) is 16.1 Å². The van der Waals surface area contributed by atoms with Gasteiger partial charge in [-0.3, -0.25) is 4.79 Å². The molecule has 0 aliphatic heterocycles. The molecular weight excluding hydrogens is 364 g/mol. The Morgan fingerprint density at radius 1 is 1.12 bits per heavy atom. The number of anilines is 1. The van der Waals surface area contributed by atoms with E-state index in [0.29, 0.717) is 10.8 Å².